The fourth-order valence-electron chi connectivity index (χ4n) is 3.05. The van der Waals surface area contributed by atoms with Crippen molar-refractivity contribution in [2.45, 2.75) is 13.5 Å². The highest BCUT2D eigenvalue weighted by atomic mass is 16.5. The third-order valence-electron chi connectivity index (χ3n) is 4.71. The highest BCUT2D eigenvalue weighted by Gasteiger charge is 2.06. The lowest BCUT2D eigenvalue weighted by Gasteiger charge is -2.05. The summed E-state index contributed by atoms with van der Waals surface area (Å²) in [5.41, 5.74) is 6.86. The maximum Gasteiger partial charge on any atom is 0.267 e. The first-order valence-corrected chi connectivity index (χ1v) is 9.89. The van der Waals surface area contributed by atoms with Crippen molar-refractivity contribution >= 4 is 29.1 Å². The molecule has 0 aliphatic heterocycles. The number of aromatic nitrogens is 2. The summed E-state index contributed by atoms with van der Waals surface area (Å²) in [5, 5.41) is 5.01. The predicted octanol–water partition coefficient (Wildman–Crippen LogP) is 4.70. The first kappa shape index (κ1) is 20.1. The minimum Gasteiger partial charge on any atom is -0.473 e. The van der Waals surface area contributed by atoms with Crippen LogP contribution in [0.5, 0.6) is 5.88 Å². The van der Waals surface area contributed by atoms with E-state index in [4.69, 9.17) is 4.74 Å². The smallest absolute Gasteiger partial charge is 0.267 e. The fraction of sp³-hybridized carbons (Fsp3) is 0.0800. The molecule has 31 heavy (non-hydrogen) atoms. The molecule has 6 nitrogen and oxygen atoms in total. The van der Waals surface area contributed by atoms with Crippen LogP contribution in [-0.4, -0.2) is 22.1 Å². The molecule has 2 heterocycles. The summed E-state index contributed by atoms with van der Waals surface area (Å²) in [5.74, 6) is 0.268. The second kappa shape index (κ2) is 9.54. The van der Waals surface area contributed by atoms with Crippen molar-refractivity contribution in [3.05, 3.63) is 101 Å². The normalized spacial score (nSPS) is 11.7. The lowest BCUT2D eigenvalue weighted by atomic mass is 10.1. The van der Waals surface area contributed by atoms with Crippen LogP contribution in [0.2, 0.25) is 0 Å². The number of carbonyl (C=O) groups is 1. The maximum absolute atomic E-state index is 12.3. The number of carbonyl (C=O) groups excluding carboxylic acids is 1. The Kier molecular flexibility index (Phi) is 6.18. The minimum atomic E-state index is -0.256. The molecule has 0 spiro atoms. The first-order valence-electron chi connectivity index (χ1n) is 9.89. The summed E-state index contributed by atoms with van der Waals surface area (Å²) < 4.78 is 5.81. The summed E-state index contributed by atoms with van der Waals surface area (Å²) >= 11 is 0. The van der Waals surface area contributed by atoms with Crippen LogP contribution in [0.15, 0.2) is 89.8 Å². The molecule has 1 amide bonds. The number of nitrogens with one attached hydrogen (secondary N) is 2. The van der Waals surface area contributed by atoms with E-state index in [1.54, 1.807) is 19.3 Å². The van der Waals surface area contributed by atoms with Gasteiger partial charge in [0.15, 0.2) is 0 Å². The Balaban J connectivity index is 1.42. The third kappa shape index (κ3) is 5.25. The van der Waals surface area contributed by atoms with Gasteiger partial charge in [-0.15, -0.1) is 0 Å². The van der Waals surface area contributed by atoms with E-state index in [2.05, 4.69) is 20.5 Å². The van der Waals surface area contributed by atoms with Crippen molar-refractivity contribution in [2.75, 3.05) is 0 Å². The zero-order valence-electron chi connectivity index (χ0n) is 17.1. The van der Waals surface area contributed by atoms with Gasteiger partial charge in [0.2, 0.25) is 5.88 Å². The van der Waals surface area contributed by atoms with Gasteiger partial charge >= 0.3 is 0 Å². The molecular formula is C25H22N4O2. The van der Waals surface area contributed by atoms with Crippen molar-refractivity contribution in [2.24, 2.45) is 5.10 Å². The van der Waals surface area contributed by atoms with E-state index in [1.165, 1.54) is 0 Å². The molecule has 0 unspecified atom stereocenters. The molecule has 2 N–H and O–H groups in total. The van der Waals surface area contributed by atoms with Crippen molar-refractivity contribution in [3.8, 4) is 5.88 Å². The molecule has 0 saturated carbocycles. The molecule has 0 fully saturated rings. The number of pyridine rings is 1. The van der Waals surface area contributed by atoms with Crippen LogP contribution in [0.25, 0.3) is 17.0 Å². The lowest BCUT2D eigenvalue weighted by Crippen LogP contribution is -2.18. The lowest BCUT2D eigenvalue weighted by molar-refractivity contribution is -0.117. The zero-order chi connectivity index (χ0) is 21.5. The summed E-state index contributed by atoms with van der Waals surface area (Å²) in [4.78, 5) is 19.8. The van der Waals surface area contributed by atoms with Crippen LogP contribution in [0.1, 0.15) is 23.6 Å². The Morgan fingerprint density at radius 3 is 2.65 bits per heavy atom. The van der Waals surface area contributed by atoms with Gasteiger partial charge in [-0.3, -0.25) is 4.79 Å². The van der Waals surface area contributed by atoms with Crippen LogP contribution in [-0.2, 0) is 11.4 Å². The molecule has 0 saturated heterocycles. The predicted molar refractivity (Wildman–Crippen MR) is 123 cm³/mol. The van der Waals surface area contributed by atoms with E-state index in [0.29, 0.717) is 18.1 Å². The molecule has 0 radical (unpaired) electrons. The number of rotatable bonds is 7. The number of fused-ring (bicyclic) bond motifs is 1. The van der Waals surface area contributed by atoms with Crippen LogP contribution in [0.3, 0.4) is 0 Å². The van der Waals surface area contributed by atoms with Crippen molar-refractivity contribution in [1.29, 1.82) is 0 Å². The van der Waals surface area contributed by atoms with Gasteiger partial charge in [-0.1, -0.05) is 60.7 Å². The molecule has 0 atom stereocenters. The average Bonchev–Trinajstić information content (AvgIpc) is 3.21. The van der Waals surface area contributed by atoms with Crippen molar-refractivity contribution in [3.63, 3.8) is 0 Å². The molecule has 6 heteroatoms. The Labute approximate surface area is 180 Å². The van der Waals surface area contributed by atoms with Crippen LogP contribution in [0.4, 0.5) is 0 Å². The van der Waals surface area contributed by atoms with Crippen LogP contribution in [0, 0.1) is 0 Å². The largest absolute Gasteiger partial charge is 0.473 e. The van der Waals surface area contributed by atoms with Crippen molar-refractivity contribution < 1.29 is 9.53 Å². The maximum atomic E-state index is 12.3. The number of nitrogens with zero attached hydrogens (tertiary/aromatic N) is 2. The van der Waals surface area contributed by atoms with E-state index >= 15 is 0 Å². The number of hydrazone groups is 1. The quantitative estimate of drug-likeness (QED) is 0.263. The Hall–Kier alpha value is -4.19. The van der Waals surface area contributed by atoms with Gasteiger partial charge in [0.05, 0.1) is 17.9 Å². The van der Waals surface area contributed by atoms with E-state index in [0.717, 1.165) is 27.6 Å². The number of hydrogen-bond donors (Lipinski definition) is 2. The number of aromatic amines is 1. The fourth-order valence-corrected chi connectivity index (χ4v) is 3.05. The summed E-state index contributed by atoms with van der Waals surface area (Å²) in [6, 6.07) is 21.5. The van der Waals surface area contributed by atoms with Crippen LogP contribution >= 0.6 is 0 Å². The van der Waals surface area contributed by atoms with E-state index in [1.807, 2.05) is 79.0 Å². The topological polar surface area (TPSA) is 79.4 Å². The van der Waals surface area contributed by atoms with Gasteiger partial charge in [0, 0.05) is 28.8 Å². The van der Waals surface area contributed by atoms with Crippen LogP contribution < -0.4 is 10.2 Å². The first-order chi connectivity index (χ1) is 15.2. The van der Waals surface area contributed by atoms with Gasteiger partial charge in [-0.05, 0) is 24.1 Å². The minimum absolute atomic E-state index is 0.256. The second-order valence-electron chi connectivity index (χ2n) is 7.02. The number of H-pyrrole nitrogens is 1. The van der Waals surface area contributed by atoms with E-state index < -0.39 is 0 Å². The van der Waals surface area contributed by atoms with Gasteiger partial charge in [-0.25, -0.2) is 10.4 Å². The molecule has 0 aliphatic rings. The molecule has 0 aliphatic carbocycles. The number of amides is 1. The highest BCUT2D eigenvalue weighted by molar-refractivity contribution is 6.01. The summed E-state index contributed by atoms with van der Waals surface area (Å²) in [6.07, 6.45) is 6.96. The Bertz CT molecular complexity index is 1230. The number of hydrogen-bond acceptors (Lipinski definition) is 4. The van der Waals surface area contributed by atoms with Gasteiger partial charge in [0.1, 0.15) is 6.61 Å². The number of benzene rings is 2. The van der Waals surface area contributed by atoms with E-state index in [9.17, 15) is 4.79 Å². The van der Waals surface area contributed by atoms with Gasteiger partial charge in [0.25, 0.3) is 5.91 Å². The Morgan fingerprint density at radius 1 is 1.13 bits per heavy atom. The SMILES string of the molecule is CC(=Cc1ccccc1)C(=O)NN=Cc1c[nH]c2cnc(OCc3ccccc3)cc12. The summed E-state index contributed by atoms with van der Waals surface area (Å²) in [6.45, 7) is 2.20. The average molecular weight is 410 g/mol. The van der Waals surface area contributed by atoms with Crippen molar-refractivity contribution in [1.82, 2.24) is 15.4 Å². The Morgan fingerprint density at radius 2 is 1.87 bits per heavy atom. The summed E-state index contributed by atoms with van der Waals surface area (Å²) in [7, 11) is 0. The number of ether oxygens (including phenoxy) is 1. The molecule has 2 aromatic heterocycles. The third-order valence-corrected chi connectivity index (χ3v) is 4.71. The van der Waals surface area contributed by atoms with Gasteiger partial charge in [-0.2, -0.15) is 5.10 Å². The molecule has 154 valence electrons. The zero-order valence-corrected chi connectivity index (χ0v) is 17.1. The molecular weight excluding hydrogens is 388 g/mol. The standard InChI is InChI=1S/C25H22N4O2/c1-18(12-19-8-4-2-5-9-19)25(30)29-28-15-21-14-26-23-16-27-24(13-22(21)23)31-17-20-10-6-3-7-11-20/h2-16,26H,17H2,1H3,(H,29,30). The highest BCUT2D eigenvalue weighted by Crippen LogP contribution is 2.21. The van der Waals surface area contributed by atoms with Gasteiger partial charge < -0.3 is 9.72 Å². The monoisotopic (exact) mass is 410 g/mol. The molecule has 0 bridgehead atoms. The molecule has 2 aromatic carbocycles. The molecule has 4 aromatic rings. The molecule has 4 rings (SSSR count). The second-order valence-corrected chi connectivity index (χ2v) is 7.02. The van der Waals surface area contributed by atoms with E-state index in [-0.39, 0.29) is 5.91 Å².